The van der Waals surface area contributed by atoms with E-state index in [4.69, 9.17) is 4.74 Å². The molecule has 1 atom stereocenters. The van der Waals surface area contributed by atoms with E-state index in [9.17, 15) is 13.2 Å². The summed E-state index contributed by atoms with van der Waals surface area (Å²) in [5, 5.41) is 9.38. The van der Waals surface area contributed by atoms with Gasteiger partial charge in [-0.25, -0.2) is 8.42 Å². The number of hydrogen-bond acceptors (Lipinski definition) is 8. The van der Waals surface area contributed by atoms with Gasteiger partial charge < -0.3 is 14.5 Å². The molecule has 3 heterocycles. The minimum Gasteiger partial charge on any atom is -0.378 e. The third kappa shape index (κ3) is 5.44. The molecule has 0 saturated carbocycles. The molecule has 2 fully saturated rings. The third-order valence-corrected chi connectivity index (χ3v) is 8.50. The van der Waals surface area contributed by atoms with Crippen LogP contribution in [-0.2, 0) is 32.5 Å². The van der Waals surface area contributed by atoms with Crippen LogP contribution in [0.25, 0.3) is 0 Å². The number of anilines is 1. The summed E-state index contributed by atoms with van der Waals surface area (Å²) in [5.74, 6) is 1.07. The van der Waals surface area contributed by atoms with Crippen molar-refractivity contribution in [3.05, 3.63) is 35.9 Å². The second kappa shape index (κ2) is 10.2. The normalized spacial score (nSPS) is 20.4. The van der Waals surface area contributed by atoms with Crippen LogP contribution in [0.15, 0.2) is 35.5 Å². The number of sulfone groups is 1. The van der Waals surface area contributed by atoms with E-state index < -0.39 is 9.84 Å². The van der Waals surface area contributed by atoms with E-state index in [0.717, 1.165) is 24.6 Å². The van der Waals surface area contributed by atoms with Crippen molar-refractivity contribution in [2.45, 2.75) is 37.6 Å². The van der Waals surface area contributed by atoms with Crippen LogP contribution in [0, 0.1) is 0 Å². The van der Waals surface area contributed by atoms with Gasteiger partial charge in [0.05, 0.1) is 30.5 Å². The Balaban J connectivity index is 1.47. The van der Waals surface area contributed by atoms with E-state index >= 15 is 0 Å². The molecule has 2 aliphatic rings. The topological polar surface area (TPSA) is 97.6 Å². The second-order valence-corrected chi connectivity index (χ2v) is 11.2. The number of morpholine rings is 1. The highest BCUT2D eigenvalue weighted by molar-refractivity contribution is 7.99. The van der Waals surface area contributed by atoms with Crippen molar-refractivity contribution < 1.29 is 17.9 Å². The summed E-state index contributed by atoms with van der Waals surface area (Å²) in [5.41, 5.74) is 0.987. The van der Waals surface area contributed by atoms with Gasteiger partial charge in [-0.15, -0.1) is 10.2 Å². The first-order valence-corrected chi connectivity index (χ1v) is 13.7. The molecule has 1 unspecified atom stereocenters. The largest absolute Gasteiger partial charge is 0.378 e. The standard InChI is InChI=1S/C21H29N5O4S2/c1-2-25-20(24-9-11-30-12-10-24)22-23-21(25)31-15-19(27)26(14-17-6-4-3-5-7-17)18-8-13-32(28,29)16-18/h3-7,18H,2,8-16H2,1H3. The predicted molar refractivity (Wildman–Crippen MR) is 124 cm³/mol. The summed E-state index contributed by atoms with van der Waals surface area (Å²) in [7, 11) is -3.10. The Hall–Kier alpha value is -2.11. The highest BCUT2D eigenvalue weighted by atomic mass is 32.2. The fourth-order valence-electron chi connectivity index (χ4n) is 4.09. The lowest BCUT2D eigenvalue weighted by atomic mass is 10.1. The maximum absolute atomic E-state index is 13.3. The number of amides is 1. The summed E-state index contributed by atoms with van der Waals surface area (Å²) in [6.45, 7) is 5.99. The van der Waals surface area contributed by atoms with Crippen LogP contribution < -0.4 is 4.90 Å². The van der Waals surface area contributed by atoms with Crippen molar-refractivity contribution in [1.29, 1.82) is 0 Å². The number of ether oxygens (including phenoxy) is 1. The minimum atomic E-state index is -3.10. The molecule has 9 nitrogen and oxygen atoms in total. The zero-order chi connectivity index (χ0) is 22.6. The third-order valence-electron chi connectivity index (χ3n) is 5.80. The van der Waals surface area contributed by atoms with Gasteiger partial charge >= 0.3 is 0 Å². The molecule has 2 aliphatic heterocycles. The smallest absolute Gasteiger partial charge is 0.233 e. The van der Waals surface area contributed by atoms with Crippen molar-refractivity contribution >= 4 is 33.5 Å². The number of carbonyl (C=O) groups excluding carboxylic acids is 1. The van der Waals surface area contributed by atoms with Gasteiger partial charge in [0, 0.05) is 32.2 Å². The Kier molecular flexibility index (Phi) is 7.37. The van der Waals surface area contributed by atoms with E-state index in [2.05, 4.69) is 15.1 Å². The van der Waals surface area contributed by atoms with Crippen LogP contribution in [-0.4, -0.2) is 83.6 Å². The Morgan fingerprint density at radius 2 is 1.97 bits per heavy atom. The number of thioether (sulfide) groups is 1. The van der Waals surface area contributed by atoms with Crippen LogP contribution >= 0.6 is 11.8 Å². The maximum atomic E-state index is 13.3. The first-order valence-electron chi connectivity index (χ1n) is 10.9. The van der Waals surface area contributed by atoms with Gasteiger partial charge in [0.1, 0.15) is 0 Å². The molecule has 2 saturated heterocycles. The minimum absolute atomic E-state index is 0.0303. The summed E-state index contributed by atoms with van der Waals surface area (Å²) >= 11 is 1.35. The molecule has 0 bridgehead atoms. The molecule has 1 aromatic heterocycles. The molecule has 0 spiro atoms. The van der Waals surface area contributed by atoms with Gasteiger partial charge in [0.25, 0.3) is 0 Å². The Labute approximate surface area is 193 Å². The van der Waals surface area contributed by atoms with Crippen LogP contribution in [0.2, 0.25) is 0 Å². The van der Waals surface area contributed by atoms with Crippen molar-refractivity contribution in [1.82, 2.24) is 19.7 Å². The van der Waals surface area contributed by atoms with Gasteiger partial charge in [-0.2, -0.15) is 0 Å². The van der Waals surface area contributed by atoms with E-state index in [0.29, 0.717) is 37.9 Å². The number of benzene rings is 1. The first-order chi connectivity index (χ1) is 15.5. The summed E-state index contributed by atoms with van der Waals surface area (Å²) in [6, 6.07) is 9.40. The molecule has 11 heteroatoms. The highest BCUT2D eigenvalue weighted by Gasteiger charge is 2.35. The Morgan fingerprint density at radius 1 is 1.22 bits per heavy atom. The lowest BCUT2D eigenvalue weighted by molar-refractivity contribution is -0.130. The predicted octanol–water partition coefficient (Wildman–Crippen LogP) is 1.44. The number of rotatable bonds is 8. The van der Waals surface area contributed by atoms with Crippen molar-refractivity contribution in [2.75, 3.05) is 48.5 Å². The van der Waals surface area contributed by atoms with Gasteiger partial charge in [-0.3, -0.25) is 9.36 Å². The van der Waals surface area contributed by atoms with E-state index in [1.165, 1.54) is 11.8 Å². The first kappa shape index (κ1) is 23.1. The van der Waals surface area contributed by atoms with Gasteiger partial charge in [0.2, 0.25) is 11.9 Å². The Morgan fingerprint density at radius 3 is 2.62 bits per heavy atom. The lowest BCUT2D eigenvalue weighted by Crippen LogP contribution is -2.41. The SMILES string of the molecule is CCn1c(SCC(=O)N(Cc2ccccc2)C2CCS(=O)(=O)C2)nnc1N1CCOCC1. The van der Waals surface area contributed by atoms with E-state index in [1.54, 1.807) is 4.90 Å². The molecule has 1 amide bonds. The molecular formula is C21H29N5O4S2. The molecule has 1 aromatic carbocycles. The second-order valence-electron chi connectivity index (χ2n) is 7.98. The molecule has 4 rings (SSSR count). The van der Waals surface area contributed by atoms with Gasteiger partial charge in [-0.05, 0) is 18.9 Å². The van der Waals surface area contributed by atoms with Crippen molar-refractivity contribution in [2.24, 2.45) is 0 Å². The maximum Gasteiger partial charge on any atom is 0.233 e. The molecule has 0 radical (unpaired) electrons. The number of hydrogen-bond donors (Lipinski definition) is 0. The summed E-state index contributed by atoms with van der Waals surface area (Å²) in [6.07, 6.45) is 0.484. The van der Waals surface area contributed by atoms with Gasteiger partial charge in [-0.1, -0.05) is 42.1 Å². The molecule has 0 aliphatic carbocycles. The van der Waals surface area contributed by atoms with Gasteiger partial charge in [0.15, 0.2) is 15.0 Å². The molecule has 2 aromatic rings. The molecule has 0 N–H and O–H groups in total. The number of aromatic nitrogens is 3. The fourth-order valence-corrected chi connectivity index (χ4v) is 6.71. The van der Waals surface area contributed by atoms with Crippen LogP contribution in [0.4, 0.5) is 5.95 Å². The quantitative estimate of drug-likeness (QED) is 0.525. The van der Waals surface area contributed by atoms with E-state index in [-0.39, 0.29) is 29.2 Å². The van der Waals surface area contributed by atoms with E-state index in [1.807, 2.05) is 41.8 Å². The Bertz CT molecular complexity index is 1020. The number of carbonyl (C=O) groups is 1. The zero-order valence-electron chi connectivity index (χ0n) is 18.2. The average molecular weight is 480 g/mol. The average Bonchev–Trinajstić information content (AvgIpc) is 3.39. The highest BCUT2D eigenvalue weighted by Crippen LogP contribution is 2.25. The zero-order valence-corrected chi connectivity index (χ0v) is 19.9. The number of nitrogens with zero attached hydrogens (tertiary/aromatic N) is 5. The molecule has 174 valence electrons. The fraction of sp³-hybridized carbons (Fsp3) is 0.571. The monoisotopic (exact) mass is 479 g/mol. The lowest BCUT2D eigenvalue weighted by Gasteiger charge is -2.28. The van der Waals surface area contributed by atoms with Crippen LogP contribution in [0.1, 0.15) is 18.9 Å². The van der Waals surface area contributed by atoms with Crippen molar-refractivity contribution in [3.63, 3.8) is 0 Å². The summed E-state index contributed by atoms with van der Waals surface area (Å²) < 4.78 is 31.6. The summed E-state index contributed by atoms with van der Waals surface area (Å²) in [4.78, 5) is 17.1. The van der Waals surface area contributed by atoms with Crippen molar-refractivity contribution in [3.8, 4) is 0 Å². The molecular weight excluding hydrogens is 450 g/mol. The molecule has 32 heavy (non-hydrogen) atoms. The van der Waals surface area contributed by atoms with Crippen LogP contribution in [0.3, 0.4) is 0 Å². The van der Waals surface area contributed by atoms with Crippen LogP contribution in [0.5, 0.6) is 0 Å².